The van der Waals surface area contributed by atoms with Crippen LogP contribution in [0.3, 0.4) is 0 Å². The molecule has 0 bridgehead atoms. The van der Waals surface area contributed by atoms with Gasteiger partial charge in [-0.15, -0.1) is 11.3 Å². The van der Waals surface area contributed by atoms with Crippen LogP contribution >= 0.6 is 11.3 Å². The molecule has 0 saturated heterocycles. The number of nitrogens with one attached hydrogen (secondary N) is 1. The third-order valence-electron chi connectivity index (χ3n) is 4.62. The number of hydrogen-bond donors (Lipinski definition) is 1. The van der Waals surface area contributed by atoms with Gasteiger partial charge in [0.15, 0.2) is 0 Å². The van der Waals surface area contributed by atoms with Crippen molar-refractivity contribution >= 4 is 11.3 Å². The second-order valence-corrected chi connectivity index (χ2v) is 7.22. The summed E-state index contributed by atoms with van der Waals surface area (Å²) < 4.78 is 5.98. The van der Waals surface area contributed by atoms with E-state index in [0.29, 0.717) is 6.04 Å². The Bertz CT molecular complexity index is 614. The molecular formula is C17H22N2OS. The summed E-state index contributed by atoms with van der Waals surface area (Å²) in [5.74, 6) is 2.16. The lowest BCUT2D eigenvalue weighted by atomic mass is 10.0. The molecule has 0 spiro atoms. The molecule has 2 aromatic rings. The van der Waals surface area contributed by atoms with Crippen LogP contribution in [0.25, 0.3) is 0 Å². The first-order chi connectivity index (χ1) is 10.3. The summed E-state index contributed by atoms with van der Waals surface area (Å²) in [6, 6.07) is 7.77. The lowest BCUT2D eigenvalue weighted by Gasteiger charge is -2.32. The standard InChI is InChI=1S/C17H22N2OS/c1-12-16-7-9-21-17(16)6-8-19(12)11-15-5-4-14(20-15)10-18-13-2-3-13/h4-5,7,9,12-13,18H,2-3,6,8,10-11H2,1H3. The summed E-state index contributed by atoms with van der Waals surface area (Å²) in [7, 11) is 0. The van der Waals surface area contributed by atoms with Gasteiger partial charge in [-0.3, -0.25) is 4.90 Å². The summed E-state index contributed by atoms with van der Waals surface area (Å²) >= 11 is 1.90. The Morgan fingerprint density at radius 2 is 2.14 bits per heavy atom. The molecule has 1 N–H and O–H groups in total. The molecule has 1 aliphatic heterocycles. The Labute approximate surface area is 130 Å². The number of hydrogen-bond acceptors (Lipinski definition) is 4. The highest BCUT2D eigenvalue weighted by molar-refractivity contribution is 7.10. The zero-order valence-electron chi connectivity index (χ0n) is 12.5. The van der Waals surface area contributed by atoms with Crippen LogP contribution in [-0.2, 0) is 19.5 Å². The van der Waals surface area contributed by atoms with Crippen molar-refractivity contribution in [2.45, 2.75) is 51.4 Å². The smallest absolute Gasteiger partial charge is 0.118 e. The average Bonchev–Trinajstić information content (AvgIpc) is 3.00. The van der Waals surface area contributed by atoms with Crippen LogP contribution in [0.2, 0.25) is 0 Å². The third-order valence-corrected chi connectivity index (χ3v) is 5.62. The van der Waals surface area contributed by atoms with Gasteiger partial charge in [-0.05, 0) is 55.3 Å². The van der Waals surface area contributed by atoms with E-state index >= 15 is 0 Å². The largest absolute Gasteiger partial charge is 0.463 e. The Morgan fingerprint density at radius 1 is 1.29 bits per heavy atom. The minimum Gasteiger partial charge on any atom is -0.463 e. The summed E-state index contributed by atoms with van der Waals surface area (Å²) in [5.41, 5.74) is 1.51. The molecule has 112 valence electrons. The maximum Gasteiger partial charge on any atom is 0.118 e. The molecule has 0 aromatic carbocycles. The first-order valence-corrected chi connectivity index (χ1v) is 8.79. The van der Waals surface area contributed by atoms with Crippen molar-refractivity contribution in [3.05, 3.63) is 45.5 Å². The Morgan fingerprint density at radius 3 is 3.00 bits per heavy atom. The summed E-state index contributed by atoms with van der Waals surface area (Å²) in [5, 5.41) is 5.72. The van der Waals surface area contributed by atoms with E-state index in [1.165, 1.54) is 24.8 Å². The average molecular weight is 302 g/mol. The molecule has 0 radical (unpaired) electrons. The first kappa shape index (κ1) is 13.6. The van der Waals surface area contributed by atoms with E-state index in [4.69, 9.17) is 4.42 Å². The highest BCUT2D eigenvalue weighted by atomic mass is 32.1. The lowest BCUT2D eigenvalue weighted by Crippen LogP contribution is -2.32. The van der Waals surface area contributed by atoms with Crippen LogP contribution in [0, 0.1) is 0 Å². The maximum atomic E-state index is 5.98. The fraction of sp³-hybridized carbons (Fsp3) is 0.529. The van der Waals surface area contributed by atoms with Crippen molar-refractivity contribution in [1.29, 1.82) is 0 Å². The van der Waals surface area contributed by atoms with E-state index in [2.05, 4.69) is 40.7 Å². The number of rotatable bonds is 5. The fourth-order valence-electron chi connectivity index (χ4n) is 3.11. The second kappa shape index (κ2) is 5.59. The van der Waals surface area contributed by atoms with E-state index in [9.17, 15) is 0 Å². The Kier molecular flexibility index (Phi) is 3.61. The van der Waals surface area contributed by atoms with Gasteiger partial charge in [0.1, 0.15) is 11.5 Å². The molecule has 3 nitrogen and oxygen atoms in total. The topological polar surface area (TPSA) is 28.4 Å². The zero-order valence-corrected chi connectivity index (χ0v) is 13.3. The van der Waals surface area contributed by atoms with Crippen LogP contribution in [0.15, 0.2) is 28.0 Å². The number of furan rings is 1. The Hall–Kier alpha value is -1.10. The highest BCUT2D eigenvalue weighted by Crippen LogP contribution is 2.33. The lowest BCUT2D eigenvalue weighted by molar-refractivity contribution is 0.175. The van der Waals surface area contributed by atoms with Gasteiger partial charge in [-0.25, -0.2) is 0 Å². The van der Waals surface area contributed by atoms with Crippen molar-refractivity contribution in [2.75, 3.05) is 6.54 Å². The molecule has 2 aromatic heterocycles. The van der Waals surface area contributed by atoms with Crippen molar-refractivity contribution < 1.29 is 4.42 Å². The van der Waals surface area contributed by atoms with Gasteiger partial charge in [0.2, 0.25) is 0 Å². The molecular weight excluding hydrogens is 280 g/mol. The second-order valence-electron chi connectivity index (χ2n) is 6.22. The number of nitrogens with zero attached hydrogens (tertiary/aromatic N) is 1. The van der Waals surface area contributed by atoms with Crippen LogP contribution in [0.1, 0.15) is 47.8 Å². The van der Waals surface area contributed by atoms with Crippen LogP contribution in [0.5, 0.6) is 0 Å². The molecule has 1 fully saturated rings. The van der Waals surface area contributed by atoms with Gasteiger partial charge in [-0.2, -0.15) is 0 Å². The number of fused-ring (bicyclic) bond motifs is 1. The monoisotopic (exact) mass is 302 g/mol. The molecule has 1 aliphatic carbocycles. The minimum atomic E-state index is 0.498. The predicted octanol–water partition coefficient (Wildman–Crippen LogP) is 3.71. The van der Waals surface area contributed by atoms with Crippen LogP contribution in [-0.4, -0.2) is 17.5 Å². The van der Waals surface area contributed by atoms with E-state index < -0.39 is 0 Å². The fourth-order valence-corrected chi connectivity index (χ4v) is 4.08. The van der Waals surface area contributed by atoms with E-state index in [-0.39, 0.29) is 0 Å². The zero-order chi connectivity index (χ0) is 14.2. The van der Waals surface area contributed by atoms with E-state index in [1.807, 2.05) is 11.3 Å². The molecule has 1 unspecified atom stereocenters. The van der Waals surface area contributed by atoms with Crippen molar-refractivity contribution in [1.82, 2.24) is 10.2 Å². The van der Waals surface area contributed by atoms with Crippen LogP contribution in [0.4, 0.5) is 0 Å². The Balaban J connectivity index is 1.39. The molecule has 1 saturated carbocycles. The van der Waals surface area contributed by atoms with Gasteiger partial charge in [0.25, 0.3) is 0 Å². The molecule has 1 atom stereocenters. The SMILES string of the molecule is CC1c2ccsc2CCN1Cc1ccc(CNC2CC2)o1. The molecule has 4 heteroatoms. The van der Waals surface area contributed by atoms with E-state index in [1.54, 1.807) is 4.88 Å². The van der Waals surface area contributed by atoms with Gasteiger partial charge < -0.3 is 9.73 Å². The van der Waals surface area contributed by atoms with Crippen molar-refractivity contribution in [3.63, 3.8) is 0 Å². The molecule has 21 heavy (non-hydrogen) atoms. The number of thiophene rings is 1. The molecule has 3 heterocycles. The molecule has 0 amide bonds. The van der Waals surface area contributed by atoms with Gasteiger partial charge >= 0.3 is 0 Å². The van der Waals surface area contributed by atoms with Gasteiger partial charge in [-0.1, -0.05) is 0 Å². The van der Waals surface area contributed by atoms with Crippen LogP contribution < -0.4 is 5.32 Å². The highest BCUT2D eigenvalue weighted by Gasteiger charge is 2.25. The quantitative estimate of drug-likeness (QED) is 0.912. The molecule has 4 rings (SSSR count). The van der Waals surface area contributed by atoms with E-state index in [0.717, 1.165) is 37.2 Å². The first-order valence-electron chi connectivity index (χ1n) is 7.91. The summed E-state index contributed by atoms with van der Waals surface area (Å²) in [6.45, 7) is 5.23. The van der Waals surface area contributed by atoms with Gasteiger partial charge in [0, 0.05) is 23.5 Å². The van der Waals surface area contributed by atoms with Gasteiger partial charge in [0.05, 0.1) is 13.1 Å². The van der Waals surface area contributed by atoms with Crippen molar-refractivity contribution in [3.8, 4) is 0 Å². The predicted molar refractivity (Wildman–Crippen MR) is 85.4 cm³/mol. The summed E-state index contributed by atoms with van der Waals surface area (Å²) in [4.78, 5) is 4.08. The third kappa shape index (κ3) is 2.93. The summed E-state index contributed by atoms with van der Waals surface area (Å²) in [6.07, 6.45) is 3.82. The van der Waals surface area contributed by atoms with Crippen molar-refractivity contribution in [2.24, 2.45) is 0 Å². The maximum absolute atomic E-state index is 5.98. The normalized spacial score (nSPS) is 22.4. The molecule has 2 aliphatic rings. The minimum absolute atomic E-state index is 0.498.